The lowest BCUT2D eigenvalue weighted by molar-refractivity contribution is 0.0210. The van der Waals surface area contributed by atoms with Gasteiger partial charge < -0.3 is 5.11 Å². The van der Waals surface area contributed by atoms with Crippen LogP contribution < -0.4 is 0 Å². The van der Waals surface area contributed by atoms with Crippen LogP contribution in [0.5, 0.6) is 0 Å². The predicted molar refractivity (Wildman–Crippen MR) is 67.9 cm³/mol. The summed E-state index contributed by atoms with van der Waals surface area (Å²) in [6, 6.07) is 5.60. The Balaban J connectivity index is 1.82. The molecule has 2 aliphatic rings. The van der Waals surface area contributed by atoms with Crippen molar-refractivity contribution in [2.75, 3.05) is 0 Å². The van der Waals surface area contributed by atoms with E-state index in [0.717, 1.165) is 5.69 Å². The highest BCUT2D eigenvalue weighted by atomic mass is 32.2. The third kappa shape index (κ3) is 1.95. The normalized spacial score (nSPS) is 37.6. The fourth-order valence-electron chi connectivity index (χ4n) is 3.32. The summed E-state index contributed by atoms with van der Waals surface area (Å²) in [5.74, 6) is 0. The first-order chi connectivity index (χ1) is 8.50. The van der Waals surface area contributed by atoms with Crippen LogP contribution in [-0.4, -0.2) is 34.6 Å². The topological polar surface area (TPSA) is 67.3 Å². The van der Waals surface area contributed by atoms with E-state index in [1.807, 2.05) is 18.2 Å². The van der Waals surface area contributed by atoms with E-state index in [0.29, 0.717) is 32.1 Å². The van der Waals surface area contributed by atoms with Crippen LogP contribution >= 0.6 is 0 Å². The summed E-state index contributed by atoms with van der Waals surface area (Å²) in [6.07, 6.45) is 4.29. The summed E-state index contributed by atoms with van der Waals surface area (Å²) in [6.45, 7) is 0. The van der Waals surface area contributed by atoms with E-state index in [1.165, 1.54) is 0 Å². The smallest absolute Gasteiger partial charge is 0.156 e. The Kier molecular flexibility index (Phi) is 2.71. The summed E-state index contributed by atoms with van der Waals surface area (Å²) in [5, 5.41) is 9.95. The van der Waals surface area contributed by atoms with Crippen LogP contribution in [0.3, 0.4) is 0 Å². The zero-order valence-corrected chi connectivity index (χ0v) is 10.9. The number of sulfone groups is 1. The maximum absolute atomic E-state index is 12.0. The summed E-state index contributed by atoms with van der Waals surface area (Å²) in [4.78, 5) is 4.22. The predicted octanol–water partition coefficient (Wildman–Crippen LogP) is 1.09. The minimum absolute atomic E-state index is 0.343. The number of hydrogen-bond donors (Lipinski definition) is 1. The molecule has 2 fully saturated rings. The van der Waals surface area contributed by atoms with Crippen LogP contribution in [0.25, 0.3) is 0 Å². The number of pyridine rings is 1. The van der Waals surface area contributed by atoms with Crippen LogP contribution in [0.15, 0.2) is 24.4 Å². The summed E-state index contributed by atoms with van der Waals surface area (Å²) in [5.41, 5.74) is -0.0652. The molecule has 0 saturated carbocycles. The second-order valence-electron chi connectivity index (χ2n) is 5.54. The van der Waals surface area contributed by atoms with Gasteiger partial charge in [-0.1, -0.05) is 6.07 Å². The minimum atomic E-state index is -2.97. The van der Waals surface area contributed by atoms with Crippen LogP contribution in [0.1, 0.15) is 31.4 Å². The van der Waals surface area contributed by atoms with Gasteiger partial charge in [-0.2, -0.15) is 0 Å². The van der Waals surface area contributed by atoms with Gasteiger partial charge in [0.1, 0.15) is 0 Å². The first kappa shape index (κ1) is 12.1. The average molecular weight is 267 g/mol. The molecule has 18 heavy (non-hydrogen) atoms. The molecule has 0 amide bonds. The molecule has 1 N–H and O–H groups in total. The highest BCUT2D eigenvalue weighted by molar-refractivity contribution is 7.93. The average Bonchev–Trinajstić information content (AvgIpc) is 2.51. The van der Waals surface area contributed by atoms with Gasteiger partial charge in [-0.15, -0.1) is 0 Å². The third-order valence-corrected chi connectivity index (χ3v) is 6.85. The minimum Gasteiger partial charge on any atom is -0.389 e. The molecule has 0 aliphatic carbocycles. The second kappa shape index (κ2) is 4.03. The van der Waals surface area contributed by atoms with Crippen molar-refractivity contribution in [3.05, 3.63) is 30.1 Å². The van der Waals surface area contributed by atoms with Gasteiger partial charge in [0.2, 0.25) is 0 Å². The molecule has 0 spiro atoms. The number of rotatable bonds is 2. The van der Waals surface area contributed by atoms with Gasteiger partial charge in [-0.3, -0.25) is 4.98 Å². The van der Waals surface area contributed by atoms with Crippen LogP contribution in [0.4, 0.5) is 0 Å². The second-order valence-corrected chi connectivity index (χ2v) is 8.05. The number of nitrogens with zero attached hydrogens (tertiary/aromatic N) is 1. The van der Waals surface area contributed by atoms with E-state index < -0.39 is 15.4 Å². The van der Waals surface area contributed by atoms with Gasteiger partial charge in [-0.05, 0) is 37.8 Å². The Hall–Kier alpha value is -0.940. The Morgan fingerprint density at radius 3 is 2.50 bits per heavy atom. The van der Waals surface area contributed by atoms with E-state index in [4.69, 9.17) is 0 Å². The number of hydrogen-bond acceptors (Lipinski definition) is 4. The molecule has 5 heteroatoms. The molecule has 0 aromatic carbocycles. The summed E-state index contributed by atoms with van der Waals surface area (Å²) in [7, 11) is -2.97. The van der Waals surface area contributed by atoms with Crippen molar-refractivity contribution >= 4 is 9.84 Å². The van der Waals surface area contributed by atoms with Crippen molar-refractivity contribution in [3.63, 3.8) is 0 Å². The highest BCUT2D eigenvalue weighted by Crippen LogP contribution is 2.44. The molecule has 98 valence electrons. The lowest BCUT2D eigenvalue weighted by atomic mass is 9.88. The lowest BCUT2D eigenvalue weighted by Crippen LogP contribution is -2.46. The Labute approximate surface area is 107 Å². The van der Waals surface area contributed by atoms with Crippen LogP contribution in [0, 0.1) is 0 Å². The highest BCUT2D eigenvalue weighted by Gasteiger charge is 2.52. The molecule has 2 bridgehead atoms. The van der Waals surface area contributed by atoms with E-state index in [2.05, 4.69) is 4.98 Å². The molecule has 3 heterocycles. The molecule has 0 radical (unpaired) electrons. The first-order valence-corrected chi connectivity index (χ1v) is 7.96. The van der Waals surface area contributed by atoms with E-state index in [-0.39, 0.29) is 10.5 Å². The van der Waals surface area contributed by atoms with Gasteiger partial charge in [0.05, 0.1) is 16.1 Å². The zero-order chi connectivity index (χ0) is 12.8. The monoisotopic (exact) mass is 267 g/mol. The molecular weight excluding hydrogens is 250 g/mol. The molecular formula is C13H17NO3S. The quantitative estimate of drug-likeness (QED) is 0.871. The number of aliphatic hydroxyl groups is 1. The van der Waals surface area contributed by atoms with Crippen molar-refractivity contribution in [1.29, 1.82) is 0 Å². The number of fused-ring (bicyclic) bond motifs is 2. The standard InChI is InChI=1S/C13H17NO3S/c15-13(7-10-3-1-2-6-14-10)8-11-4-5-12(9-13)18(11,16)17/h1-3,6,11-12,15H,4-5,7-9H2. The van der Waals surface area contributed by atoms with Crippen molar-refractivity contribution in [1.82, 2.24) is 4.98 Å². The Bertz CT molecular complexity index is 521. The zero-order valence-electron chi connectivity index (χ0n) is 10.1. The lowest BCUT2D eigenvalue weighted by Gasteiger charge is -2.36. The summed E-state index contributed by atoms with van der Waals surface area (Å²) < 4.78 is 24.0. The molecule has 1 aromatic heterocycles. The van der Waals surface area contributed by atoms with Crippen LogP contribution in [0.2, 0.25) is 0 Å². The fourth-order valence-corrected chi connectivity index (χ4v) is 5.88. The first-order valence-electron chi connectivity index (χ1n) is 6.35. The van der Waals surface area contributed by atoms with Crippen molar-refractivity contribution in [3.8, 4) is 0 Å². The van der Waals surface area contributed by atoms with Gasteiger partial charge in [0, 0.05) is 18.3 Å². The Morgan fingerprint density at radius 2 is 1.94 bits per heavy atom. The van der Waals surface area contributed by atoms with Crippen molar-refractivity contribution < 1.29 is 13.5 Å². The SMILES string of the molecule is O=S1(=O)C2CCC1CC(O)(Cc1ccccn1)C2. The van der Waals surface area contributed by atoms with E-state index in [1.54, 1.807) is 6.20 Å². The third-order valence-electron chi connectivity index (χ3n) is 4.19. The van der Waals surface area contributed by atoms with Gasteiger partial charge in [0.25, 0.3) is 0 Å². The number of aromatic nitrogens is 1. The van der Waals surface area contributed by atoms with Crippen molar-refractivity contribution in [2.45, 2.75) is 48.2 Å². The van der Waals surface area contributed by atoms with Crippen LogP contribution in [-0.2, 0) is 16.3 Å². The maximum atomic E-state index is 12.0. The van der Waals surface area contributed by atoms with Crippen molar-refractivity contribution in [2.24, 2.45) is 0 Å². The van der Waals surface area contributed by atoms with Gasteiger partial charge >= 0.3 is 0 Å². The van der Waals surface area contributed by atoms with Gasteiger partial charge in [-0.25, -0.2) is 8.42 Å². The largest absolute Gasteiger partial charge is 0.389 e. The Morgan fingerprint density at radius 1 is 1.28 bits per heavy atom. The molecule has 2 saturated heterocycles. The molecule has 2 atom stereocenters. The van der Waals surface area contributed by atoms with E-state index in [9.17, 15) is 13.5 Å². The maximum Gasteiger partial charge on any atom is 0.156 e. The molecule has 3 rings (SSSR count). The molecule has 1 aromatic rings. The molecule has 4 nitrogen and oxygen atoms in total. The molecule has 2 aliphatic heterocycles. The summed E-state index contributed by atoms with van der Waals surface area (Å²) >= 11 is 0. The fraction of sp³-hybridized carbons (Fsp3) is 0.615. The van der Waals surface area contributed by atoms with E-state index >= 15 is 0 Å². The molecule has 2 unspecified atom stereocenters. The van der Waals surface area contributed by atoms with Gasteiger partial charge in [0.15, 0.2) is 9.84 Å².